The number of hydrogen-bond acceptors (Lipinski definition) is 5. The van der Waals surface area contributed by atoms with Crippen LogP contribution in [0.5, 0.6) is 11.5 Å². The summed E-state index contributed by atoms with van der Waals surface area (Å²) in [6.07, 6.45) is 5.41. The van der Waals surface area contributed by atoms with Gasteiger partial charge < -0.3 is 14.7 Å². The molecule has 3 N–H and O–H groups in total. The van der Waals surface area contributed by atoms with E-state index in [2.05, 4.69) is 36.8 Å². The Kier molecular flexibility index (Phi) is 7.33. The highest BCUT2D eigenvalue weighted by atomic mass is 16.5. The predicted molar refractivity (Wildman–Crippen MR) is 125 cm³/mol. The van der Waals surface area contributed by atoms with Gasteiger partial charge in [0.1, 0.15) is 17.5 Å². The fraction of sp³-hybridized carbons (Fsp3) is 0.500. The van der Waals surface area contributed by atoms with Crippen LogP contribution in [0.1, 0.15) is 69.2 Å². The van der Waals surface area contributed by atoms with Crippen molar-refractivity contribution in [1.29, 1.82) is 0 Å². The van der Waals surface area contributed by atoms with E-state index in [4.69, 9.17) is 4.74 Å². The summed E-state index contributed by atoms with van der Waals surface area (Å²) in [7, 11) is 0. The number of benzene rings is 2. The summed E-state index contributed by atoms with van der Waals surface area (Å²) in [5.74, 6) is 1.22. The summed E-state index contributed by atoms with van der Waals surface area (Å²) in [4.78, 5) is 15.4. The van der Waals surface area contributed by atoms with Crippen LogP contribution in [-0.2, 0) is 4.79 Å². The summed E-state index contributed by atoms with van der Waals surface area (Å²) in [5.41, 5.74) is 8.44. The summed E-state index contributed by atoms with van der Waals surface area (Å²) >= 11 is 0. The monoisotopic (exact) mass is 437 g/mol. The minimum atomic E-state index is -0.313. The molecule has 6 nitrogen and oxygen atoms in total. The lowest BCUT2D eigenvalue weighted by Crippen LogP contribution is -2.41. The zero-order chi connectivity index (χ0) is 22.5. The number of aromatic hydroxyl groups is 1. The lowest BCUT2D eigenvalue weighted by molar-refractivity contribution is -0.130. The number of rotatable bonds is 10. The Morgan fingerprint density at radius 1 is 0.938 bits per heavy atom. The van der Waals surface area contributed by atoms with Crippen LogP contribution in [0.3, 0.4) is 0 Å². The first kappa shape index (κ1) is 22.6. The maximum Gasteiger partial charge on any atom is 0.242 e. The van der Waals surface area contributed by atoms with Crippen LogP contribution >= 0.6 is 0 Å². The van der Waals surface area contributed by atoms with Crippen molar-refractivity contribution in [1.82, 2.24) is 15.8 Å². The fourth-order valence-electron chi connectivity index (χ4n) is 5.00. The van der Waals surface area contributed by atoms with Gasteiger partial charge in [-0.25, -0.2) is 10.9 Å². The molecule has 0 saturated carbocycles. The number of phenols is 1. The van der Waals surface area contributed by atoms with Crippen LogP contribution < -0.4 is 15.6 Å². The van der Waals surface area contributed by atoms with Crippen molar-refractivity contribution in [2.24, 2.45) is 5.92 Å². The second kappa shape index (κ2) is 10.4. The number of hydrazine groups is 1. The molecule has 2 heterocycles. The average Bonchev–Trinajstić information content (AvgIpc) is 3.35. The SMILES string of the molecule is CCCCCOc1ccc(C2C3C(NNC3c3ccccc3O)C(=O)N2CCCC)cc1. The van der Waals surface area contributed by atoms with E-state index in [1.165, 1.54) is 12.8 Å². The first-order valence-corrected chi connectivity index (χ1v) is 12.0. The first-order chi connectivity index (χ1) is 15.7. The number of nitrogens with zero attached hydrogens (tertiary/aromatic N) is 1. The van der Waals surface area contributed by atoms with Crippen molar-refractivity contribution in [3.63, 3.8) is 0 Å². The van der Waals surface area contributed by atoms with E-state index in [1.54, 1.807) is 6.07 Å². The van der Waals surface area contributed by atoms with Crippen molar-refractivity contribution in [2.45, 2.75) is 64.1 Å². The Labute approximate surface area is 190 Å². The van der Waals surface area contributed by atoms with Crippen LogP contribution in [0.15, 0.2) is 48.5 Å². The zero-order valence-corrected chi connectivity index (χ0v) is 19.1. The molecule has 2 fully saturated rings. The number of amides is 1. The number of unbranched alkanes of at least 4 members (excludes halogenated alkanes) is 3. The van der Waals surface area contributed by atoms with Gasteiger partial charge in [0, 0.05) is 18.0 Å². The molecular weight excluding hydrogens is 402 g/mol. The zero-order valence-electron chi connectivity index (χ0n) is 19.1. The second-order valence-electron chi connectivity index (χ2n) is 8.83. The molecule has 4 rings (SSSR count). The van der Waals surface area contributed by atoms with Gasteiger partial charge in [0.25, 0.3) is 0 Å². The van der Waals surface area contributed by atoms with Gasteiger partial charge >= 0.3 is 0 Å². The summed E-state index contributed by atoms with van der Waals surface area (Å²) < 4.78 is 5.89. The van der Waals surface area contributed by atoms with E-state index < -0.39 is 0 Å². The van der Waals surface area contributed by atoms with E-state index in [9.17, 15) is 9.90 Å². The Morgan fingerprint density at radius 3 is 2.38 bits per heavy atom. The topological polar surface area (TPSA) is 73.8 Å². The minimum Gasteiger partial charge on any atom is -0.508 e. The molecule has 2 aliphatic rings. The summed E-state index contributed by atoms with van der Waals surface area (Å²) in [5, 5.41) is 10.5. The maximum atomic E-state index is 13.3. The highest BCUT2D eigenvalue weighted by Crippen LogP contribution is 2.48. The number of carbonyl (C=O) groups is 1. The minimum absolute atomic E-state index is 0.0241. The molecule has 172 valence electrons. The molecule has 2 aromatic carbocycles. The molecule has 32 heavy (non-hydrogen) atoms. The molecule has 0 aliphatic carbocycles. The number of para-hydroxylation sites is 1. The van der Waals surface area contributed by atoms with Crippen molar-refractivity contribution in [3.05, 3.63) is 59.7 Å². The molecule has 2 aromatic rings. The number of fused-ring (bicyclic) bond motifs is 1. The van der Waals surface area contributed by atoms with E-state index in [1.807, 2.05) is 35.2 Å². The van der Waals surface area contributed by atoms with Crippen molar-refractivity contribution >= 4 is 5.91 Å². The average molecular weight is 438 g/mol. The highest BCUT2D eigenvalue weighted by molar-refractivity contribution is 5.86. The number of hydrogen-bond donors (Lipinski definition) is 3. The molecule has 1 amide bonds. The van der Waals surface area contributed by atoms with Gasteiger partial charge in [0.05, 0.1) is 18.7 Å². The molecule has 0 aromatic heterocycles. The third-order valence-corrected chi connectivity index (χ3v) is 6.68. The van der Waals surface area contributed by atoms with Crippen LogP contribution in [0.2, 0.25) is 0 Å². The molecule has 2 aliphatic heterocycles. The first-order valence-electron chi connectivity index (χ1n) is 12.0. The van der Waals surface area contributed by atoms with Crippen molar-refractivity contribution in [3.8, 4) is 11.5 Å². The van der Waals surface area contributed by atoms with Crippen molar-refractivity contribution in [2.75, 3.05) is 13.2 Å². The smallest absolute Gasteiger partial charge is 0.242 e. The largest absolute Gasteiger partial charge is 0.508 e. The Balaban J connectivity index is 1.61. The molecule has 6 heteroatoms. The van der Waals surface area contributed by atoms with Crippen LogP contribution in [-0.4, -0.2) is 35.1 Å². The number of carbonyl (C=O) groups excluding carboxylic acids is 1. The van der Waals surface area contributed by atoms with Crippen molar-refractivity contribution < 1.29 is 14.6 Å². The van der Waals surface area contributed by atoms with Gasteiger partial charge in [0.2, 0.25) is 5.91 Å². The molecule has 2 saturated heterocycles. The van der Waals surface area contributed by atoms with Gasteiger partial charge in [0.15, 0.2) is 0 Å². The molecular formula is C26H35N3O3. The lowest BCUT2D eigenvalue weighted by atomic mass is 9.83. The van der Waals surface area contributed by atoms with Gasteiger partial charge in [-0.2, -0.15) is 0 Å². The van der Waals surface area contributed by atoms with Gasteiger partial charge in [-0.05, 0) is 36.6 Å². The van der Waals surface area contributed by atoms with E-state index in [0.717, 1.165) is 49.3 Å². The Morgan fingerprint density at radius 2 is 1.66 bits per heavy atom. The number of likely N-dealkylation sites (tertiary alicyclic amines) is 1. The molecule has 0 radical (unpaired) electrons. The number of ether oxygens (including phenoxy) is 1. The standard InChI is InChI=1S/C26H35N3O3/c1-3-5-9-17-32-19-14-12-18(13-15-19)25-22-23(20-10-7-8-11-21(20)30)27-28-24(22)26(31)29(25)16-6-4-2/h7-8,10-15,22-25,27-28,30H,3-6,9,16-17H2,1-2H3. The predicted octanol–water partition coefficient (Wildman–Crippen LogP) is 4.48. The van der Waals surface area contributed by atoms with E-state index in [-0.39, 0.29) is 35.7 Å². The lowest BCUT2D eigenvalue weighted by Gasteiger charge is -2.31. The molecule has 0 bridgehead atoms. The second-order valence-corrected chi connectivity index (χ2v) is 8.83. The van der Waals surface area contributed by atoms with Gasteiger partial charge in [-0.3, -0.25) is 4.79 Å². The Bertz CT molecular complexity index is 901. The van der Waals surface area contributed by atoms with Crippen LogP contribution in [0.4, 0.5) is 0 Å². The maximum absolute atomic E-state index is 13.3. The quantitative estimate of drug-likeness (QED) is 0.478. The number of nitrogens with one attached hydrogen (secondary N) is 2. The summed E-state index contributed by atoms with van der Waals surface area (Å²) in [6, 6.07) is 15.1. The molecule has 0 spiro atoms. The van der Waals surface area contributed by atoms with Crippen LogP contribution in [0.25, 0.3) is 0 Å². The number of phenolic OH excluding ortho intramolecular Hbond substituents is 1. The summed E-state index contributed by atoms with van der Waals surface area (Å²) in [6.45, 7) is 5.79. The molecule has 4 atom stereocenters. The normalized spacial score (nSPS) is 24.7. The third-order valence-electron chi connectivity index (χ3n) is 6.68. The van der Waals surface area contributed by atoms with Gasteiger partial charge in [-0.15, -0.1) is 0 Å². The van der Waals surface area contributed by atoms with Crippen LogP contribution in [0, 0.1) is 5.92 Å². The Hall–Kier alpha value is -2.57. The van der Waals surface area contributed by atoms with E-state index >= 15 is 0 Å². The fourth-order valence-corrected chi connectivity index (χ4v) is 5.00. The highest BCUT2D eigenvalue weighted by Gasteiger charge is 2.55. The van der Waals surface area contributed by atoms with E-state index in [0.29, 0.717) is 0 Å². The third kappa shape index (κ3) is 4.48. The van der Waals surface area contributed by atoms with Gasteiger partial charge in [-0.1, -0.05) is 63.4 Å². The molecule has 4 unspecified atom stereocenters.